The molecule has 6 nitrogen and oxygen atoms in total. The van der Waals surface area contributed by atoms with Gasteiger partial charge in [0.1, 0.15) is 0 Å². The number of allylic oxidation sites excluding steroid dienone is 1. The molecule has 1 rings (SSSR count). The lowest BCUT2D eigenvalue weighted by atomic mass is 9.96. The Bertz CT molecular complexity index is 269. The van der Waals surface area contributed by atoms with E-state index in [-0.39, 0.29) is 0 Å². The van der Waals surface area contributed by atoms with Crippen LogP contribution in [0.25, 0.3) is 0 Å². The molecule has 0 radical (unpaired) electrons. The summed E-state index contributed by atoms with van der Waals surface area (Å²) < 4.78 is 0. The number of nitrogens with zero attached hydrogens (tertiary/aromatic N) is 1. The maximum absolute atomic E-state index is 10.4. The van der Waals surface area contributed by atoms with Crippen LogP contribution in [0.5, 0.6) is 0 Å². The van der Waals surface area contributed by atoms with E-state index < -0.39 is 16.6 Å². The summed E-state index contributed by atoms with van der Waals surface area (Å²) in [6, 6.07) is -1.15. The van der Waals surface area contributed by atoms with E-state index in [1.165, 1.54) is 18.2 Å². The first-order valence-electron chi connectivity index (χ1n) is 3.31. The predicted octanol–water partition coefficient (Wildman–Crippen LogP) is -1.34. The van der Waals surface area contributed by atoms with E-state index in [1.54, 1.807) is 0 Å². The zero-order chi connectivity index (χ0) is 9.35. The summed E-state index contributed by atoms with van der Waals surface area (Å²) in [5, 5.41) is 10.4. The van der Waals surface area contributed by atoms with Crippen LogP contribution in [-0.4, -0.2) is 16.6 Å². The van der Waals surface area contributed by atoms with E-state index in [0.717, 1.165) is 0 Å². The minimum atomic E-state index is -1.44. The van der Waals surface area contributed by atoms with Gasteiger partial charge in [0.05, 0.1) is 0 Å². The molecule has 0 aromatic heterocycles. The Morgan fingerprint density at radius 2 is 2.17 bits per heavy atom. The third-order valence-corrected chi connectivity index (χ3v) is 1.65. The fourth-order valence-corrected chi connectivity index (χ4v) is 0.965. The summed E-state index contributed by atoms with van der Waals surface area (Å²) in [6.07, 6.45) is 4.02. The summed E-state index contributed by atoms with van der Waals surface area (Å²) in [4.78, 5) is 9.87. The van der Waals surface area contributed by atoms with Crippen LogP contribution in [0.1, 0.15) is 0 Å². The van der Waals surface area contributed by atoms with Crippen molar-refractivity contribution < 1.29 is 4.92 Å². The second-order valence-corrected chi connectivity index (χ2v) is 2.73. The molecule has 0 amide bonds. The van der Waals surface area contributed by atoms with E-state index >= 15 is 0 Å². The van der Waals surface area contributed by atoms with Crippen LogP contribution >= 0.6 is 0 Å². The Kier molecular flexibility index (Phi) is 1.87. The average molecular weight is 170 g/mol. The Morgan fingerprint density at radius 3 is 2.58 bits per heavy atom. The first kappa shape index (κ1) is 8.69. The first-order valence-corrected chi connectivity index (χ1v) is 3.31. The lowest BCUT2D eigenvalue weighted by molar-refractivity contribution is -0.517. The normalized spacial score (nSPS) is 26.5. The van der Waals surface area contributed by atoms with Crippen LogP contribution in [0.3, 0.4) is 0 Å². The molecule has 0 saturated carbocycles. The molecule has 6 N–H and O–H groups in total. The van der Waals surface area contributed by atoms with Gasteiger partial charge in [-0.2, -0.15) is 0 Å². The molecule has 0 spiro atoms. The van der Waals surface area contributed by atoms with E-state index in [4.69, 9.17) is 17.2 Å². The van der Waals surface area contributed by atoms with Gasteiger partial charge >= 0.3 is 0 Å². The number of hydrogen-bond donors (Lipinski definition) is 3. The summed E-state index contributed by atoms with van der Waals surface area (Å²) in [7, 11) is 0. The zero-order valence-electron chi connectivity index (χ0n) is 6.31. The van der Waals surface area contributed by atoms with Crippen LogP contribution in [0.15, 0.2) is 23.9 Å². The number of nitro groups is 1. The van der Waals surface area contributed by atoms with Crippen LogP contribution in [0.2, 0.25) is 0 Å². The molecule has 1 atom stereocenters. The quantitative estimate of drug-likeness (QED) is 0.255. The average Bonchev–Trinajstić information content (AvgIpc) is 1.94. The van der Waals surface area contributed by atoms with Crippen LogP contribution in [0.4, 0.5) is 0 Å². The second kappa shape index (κ2) is 2.58. The molecule has 0 aromatic rings. The molecule has 12 heavy (non-hydrogen) atoms. The smallest absolute Gasteiger partial charge is 0.267 e. The molecule has 0 heterocycles. The number of rotatable bonds is 1. The molecule has 0 aliphatic heterocycles. The van der Waals surface area contributed by atoms with Gasteiger partial charge in [-0.15, -0.1) is 0 Å². The topological polar surface area (TPSA) is 121 Å². The van der Waals surface area contributed by atoms with Crippen molar-refractivity contribution in [2.24, 2.45) is 17.2 Å². The van der Waals surface area contributed by atoms with Crippen molar-refractivity contribution in [3.63, 3.8) is 0 Å². The predicted molar refractivity (Wildman–Crippen MR) is 43.3 cm³/mol. The molecule has 0 saturated heterocycles. The van der Waals surface area contributed by atoms with Gasteiger partial charge in [0.15, 0.2) is 5.66 Å². The zero-order valence-corrected chi connectivity index (χ0v) is 6.31. The summed E-state index contributed by atoms with van der Waals surface area (Å²) in [5.41, 5.74) is 15.1. The lowest BCUT2D eigenvalue weighted by Gasteiger charge is -2.24. The third-order valence-electron chi connectivity index (χ3n) is 1.65. The third kappa shape index (κ3) is 1.44. The van der Waals surface area contributed by atoms with Gasteiger partial charge in [0, 0.05) is 16.7 Å². The van der Waals surface area contributed by atoms with E-state index in [0.29, 0.717) is 5.70 Å². The Labute approximate surface area is 68.9 Å². The summed E-state index contributed by atoms with van der Waals surface area (Å²) in [5.74, 6) is 0. The highest BCUT2D eigenvalue weighted by Crippen LogP contribution is 2.14. The van der Waals surface area contributed by atoms with Crippen molar-refractivity contribution in [3.8, 4) is 0 Å². The Balaban J connectivity index is 2.98. The minimum absolute atomic E-state index is 0.309. The summed E-state index contributed by atoms with van der Waals surface area (Å²) >= 11 is 0. The van der Waals surface area contributed by atoms with Crippen molar-refractivity contribution in [2.45, 2.75) is 11.7 Å². The molecule has 0 bridgehead atoms. The van der Waals surface area contributed by atoms with Gasteiger partial charge in [-0.05, 0) is 12.2 Å². The van der Waals surface area contributed by atoms with Crippen molar-refractivity contribution >= 4 is 0 Å². The van der Waals surface area contributed by atoms with Crippen LogP contribution in [-0.2, 0) is 0 Å². The maximum atomic E-state index is 10.4. The van der Waals surface area contributed by atoms with Crippen molar-refractivity contribution in [2.75, 3.05) is 0 Å². The molecule has 6 heteroatoms. The second-order valence-electron chi connectivity index (χ2n) is 2.73. The van der Waals surface area contributed by atoms with Crippen molar-refractivity contribution in [1.29, 1.82) is 0 Å². The van der Waals surface area contributed by atoms with E-state index in [9.17, 15) is 10.1 Å². The molecular formula is C6H10N4O2. The fourth-order valence-electron chi connectivity index (χ4n) is 0.965. The molecule has 0 fully saturated rings. The SMILES string of the molecule is NC1=CC([N+](=O)[O-])C(N)(N)C=C1. The highest BCUT2D eigenvalue weighted by atomic mass is 16.6. The standard InChI is InChI=1S/C6H10N4O2/c7-4-1-2-6(8,9)5(3-4)10(11)12/h1-3,5H,7-9H2. The van der Waals surface area contributed by atoms with Crippen LogP contribution < -0.4 is 17.2 Å². The number of hydrogen-bond acceptors (Lipinski definition) is 5. The monoisotopic (exact) mass is 170 g/mol. The van der Waals surface area contributed by atoms with E-state index in [2.05, 4.69) is 0 Å². The minimum Gasteiger partial charge on any atom is -0.399 e. The van der Waals surface area contributed by atoms with Gasteiger partial charge in [-0.3, -0.25) is 10.1 Å². The van der Waals surface area contributed by atoms with Gasteiger partial charge < -0.3 is 17.2 Å². The van der Waals surface area contributed by atoms with Gasteiger partial charge in [0.2, 0.25) is 0 Å². The Morgan fingerprint density at radius 1 is 1.58 bits per heavy atom. The Hall–Kier alpha value is -1.40. The summed E-state index contributed by atoms with van der Waals surface area (Å²) in [6.45, 7) is 0. The molecule has 0 aromatic carbocycles. The van der Waals surface area contributed by atoms with Gasteiger partial charge in [0.25, 0.3) is 6.04 Å². The highest BCUT2D eigenvalue weighted by molar-refractivity contribution is 5.29. The van der Waals surface area contributed by atoms with Crippen molar-refractivity contribution in [3.05, 3.63) is 34.0 Å². The van der Waals surface area contributed by atoms with Crippen LogP contribution in [0, 0.1) is 10.1 Å². The lowest BCUT2D eigenvalue weighted by Crippen LogP contribution is -2.60. The largest absolute Gasteiger partial charge is 0.399 e. The molecule has 1 aliphatic rings. The molecule has 66 valence electrons. The fraction of sp³-hybridized carbons (Fsp3) is 0.333. The first-order chi connectivity index (χ1) is 5.43. The van der Waals surface area contributed by atoms with E-state index in [1.807, 2.05) is 0 Å². The molecule has 1 aliphatic carbocycles. The maximum Gasteiger partial charge on any atom is 0.267 e. The van der Waals surface area contributed by atoms with Crippen molar-refractivity contribution in [1.82, 2.24) is 0 Å². The molecular weight excluding hydrogens is 160 g/mol. The molecule has 1 unspecified atom stereocenters. The highest BCUT2D eigenvalue weighted by Gasteiger charge is 2.38. The van der Waals surface area contributed by atoms with Gasteiger partial charge in [-0.1, -0.05) is 0 Å². The number of nitrogens with two attached hydrogens (primary N) is 3. The van der Waals surface area contributed by atoms with Gasteiger partial charge in [-0.25, -0.2) is 0 Å².